The van der Waals surface area contributed by atoms with E-state index in [4.69, 9.17) is 16.9 Å². The van der Waals surface area contributed by atoms with Gasteiger partial charge in [0.25, 0.3) is 5.91 Å². The number of hydrogen-bond donors (Lipinski definition) is 0. The van der Waals surface area contributed by atoms with E-state index in [1.54, 1.807) is 23.1 Å². The van der Waals surface area contributed by atoms with Gasteiger partial charge in [0.2, 0.25) is 0 Å². The molecule has 0 radical (unpaired) electrons. The Labute approximate surface area is 122 Å². The maximum atomic E-state index is 12.3. The molecule has 2 aromatic carbocycles. The highest BCUT2D eigenvalue weighted by molar-refractivity contribution is 6.30. The summed E-state index contributed by atoms with van der Waals surface area (Å²) in [6.07, 6.45) is 0. The Morgan fingerprint density at radius 3 is 2.80 bits per heavy atom. The van der Waals surface area contributed by atoms with E-state index in [1.807, 2.05) is 24.3 Å². The number of amides is 1. The van der Waals surface area contributed by atoms with Crippen LogP contribution < -0.4 is 0 Å². The molecule has 0 bridgehead atoms. The van der Waals surface area contributed by atoms with Crippen molar-refractivity contribution in [2.75, 3.05) is 0 Å². The molecule has 3 nitrogen and oxygen atoms in total. The molecule has 1 amide bonds. The molecule has 1 aliphatic rings. The van der Waals surface area contributed by atoms with Crippen LogP contribution in [-0.2, 0) is 13.1 Å². The summed E-state index contributed by atoms with van der Waals surface area (Å²) in [6.45, 7) is 1.01. The second kappa shape index (κ2) is 4.99. The van der Waals surface area contributed by atoms with Crippen molar-refractivity contribution in [3.63, 3.8) is 0 Å². The zero-order valence-corrected chi connectivity index (χ0v) is 11.4. The van der Waals surface area contributed by atoms with Gasteiger partial charge in [0.15, 0.2) is 0 Å². The second-order valence-corrected chi connectivity index (χ2v) is 5.17. The summed E-state index contributed by atoms with van der Waals surface area (Å²) in [4.78, 5) is 14.0. The number of carbonyl (C=O) groups is 1. The number of halogens is 1. The van der Waals surface area contributed by atoms with Gasteiger partial charge in [0.05, 0.1) is 11.6 Å². The highest BCUT2D eigenvalue weighted by Crippen LogP contribution is 2.25. The second-order valence-electron chi connectivity index (χ2n) is 4.73. The minimum Gasteiger partial charge on any atom is -0.330 e. The van der Waals surface area contributed by atoms with E-state index in [0.29, 0.717) is 23.7 Å². The number of hydrogen-bond acceptors (Lipinski definition) is 2. The van der Waals surface area contributed by atoms with Gasteiger partial charge in [-0.1, -0.05) is 35.9 Å². The van der Waals surface area contributed by atoms with E-state index >= 15 is 0 Å². The summed E-state index contributed by atoms with van der Waals surface area (Å²) in [5, 5.41) is 9.67. The molecule has 1 heterocycles. The Kier molecular flexibility index (Phi) is 3.17. The van der Waals surface area contributed by atoms with Gasteiger partial charge in [0, 0.05) is 23.7 Å². The van der Waals surface area contributed by atoms with Crippen molar-refractivity contribution >= 4 is 17.5 Å². The maximum Gasteiger partial charge on any atom is 0.254 e. The van der Waals surface area contributed by atoms with Gasteiger partial charge in [-0.2, -0.15) is 5.26 Å². The molecule has 0 aromatic heterocycles. The van der Waals surface area contributed by atoms with E-state index < -0.39 is 0 Å². The van der Waals surface area contributed by atoms with Crippen LogP contribution in [0.5, 0.6) is 0 Å². The normalized spacial score (nSPS) is 13.2. The first kappa shape index (κ1) is 12.7. The number of nitriles is 1. The highest BCUT2D eigenvalue weighted by Gasteiger charge is 2.27. The molecule has 0 fully saturated rings. The van der Waals surface area contributed by atoms with Crippen molar-refractivity contribution in [3.05, 3.63) is 69.7 Å². The fourth-order valence-corrected chi connectivity index (χ4v) is 2.61. The van der Waals surface area contributed by atoms with Crippen molar-refractivity contribution in [1.82, 2.24) is 4.90 Å². The van der Waals surface area contributed by atoms with Crippen LogP contribution in [0.1, 0.15) is 27.0 Å². The smallest absolute Gasteiger partial charge is 0.254 e. The summed E-state index contributed by atoms with van der Waals surface area (Å²) >= 11 is 5.88. The molecule has 0 saturated heterocycles. The molecule has 0 atom stereocenters. The van der Waals surface area contributed by atoms with Crippen LogP contribution in [0.3, 0.4) is 0 Å². The quantitative estimate of drug-likeness (QED) is 0.848. The first-order valence-corrected chi connectivity index (χ1v) is 6.62. The molecule has 0 saturated carbocycles. The first-order valence-electron chi connectivity index (χ1n) is 6.25. The molecular formula is C16H11ClN2O. The largest absolute Gasteiger partial charge is 0.330 e. The van der Waals surface area contributed by atoms with Gasteiger partial charge >= 0.3 is 0 Å². The molecule has 4 heteroatoms. The SMILES string of the molecule is N#Cc1cc(Cl)ccc1CN1Cc2ccccc2C1=O. The summed E-state index contributed by atoms with van der Waals surface area (Å²) in [5.41, 5.74) is 3.12. The van der Waals surface area contributed by atoms with Gasteiger partial charge in [0.1, 0.15) is 0 Å². The summed E-state index contributed by atoms with van der Waals surface area (Å²) < 4.78 is 0. The zero-order valence-electron chi connectivity index (χ0n) is 10.6. The lowest BCUT2D eigenvalue weighted by molar-refractivity contribution is 0.0766. The van der Waals surface area contributed by atoms with Crippen molar-refractivity contribution in [2.45, 2.75) is 13.1 Å². The van der Waals surface area contributed by atoms with E-state index in [2.05, 4.69) is 6.07 Å². The molecule has 3 rings (SSSR count). The highest BCUT2D eigenvalue weighted by atomic mass is 35.5. The minimum absolute atomic E-state index is 0.0134. The summed E-state index contributed by atoms with van der Waals surface area (Å²) in [7, 11) is 0. The molecule has 0 N–H and O–H groups in total. The van der Waals surface area contributed by atoms with E-state index in [-0.39, 0.29) is 5.91 Å². The van der Waals surface area contributed by atoms with E-state index in [0.717, 1.165) is 16.7 Å². The third-order valence-corrected chi connectivity index (χ3v) is 3.68. The van der Waals surface area contributed by atoms with Crippen molar-refractivity contribution in [3.8, 4) is 6.07 Å². The van der Waals surface area contributed by atoms with Crippen LogP contribution >= 0.6 is 11.6 Å². The first-order chi connectivity index (χ1) is 9.69. The minimum atomic E-state index is 0.0134. The monoisotopic (exact) mass is 282 g/mol. The fraction of sp³-hybridized carbons (Fsp3) is 0.125. The molecule has 98 valence electrons. The van der Waals surface area contributed by atoms with Crippen molar-refractivity contribution in [2.24, 2.45) is 0 Å². The van der Waals surface area contributed by atoms with Gasteiger partial charge in [-0.25, -0.2) is 0 Å². The summed E-state index contributed by atoms with van der Waals surface area (Å²) in [5.74, 6) is 0.0134. The fourth-order valence-electron chi connectivity index (χ4n) is 2.44. The average molecular weight is 283 g/mol. The van der Waals surface area contributed by atoms with Crippen LogP contribution in [0.4, 0.5) is 0 Å². The number of nitrogens with zero attached hydrogens (tertiary/aromatic N) is 2. The lowest BCUT2D eigenvalue weighted by Gasteiger charge is -2.16. The number of rotatable bonds is 2. The standard InChI is InChI=1S/C16H11ClN2O/c17-14-6-5-11(13(7-14)8-18)9-19-10-12-3-1-2-4-15(12)16(19)20/h1-7H,9-10H2. The predicted octanol–water partition coefficient (Wildman–Crippen LogP) is 3.37. The molecule has 1 aliphatic heterocycles. The molecule has 20 heavy (non-hydrogen) atoms. The molecule has 0 unspecified atom stereocenters. The lowest BCUT2D eigenvalue weighted by atomic mass is 10.1. The molecule has 0 aliphatic carbocycles. The number of fused-ring (bicyclic) bond motifs is 1. The van der Waals surface area contributed by atoms with Crippen molar-refractivity contribution < 1.29 is 4.79 Å². The maximum absolute atomic E-state index is 12.3. The molecule has 2 aromatic rings. The average Bonchev–Trinajstić information content (AvgIpc) is 2.78. The van der Waals surface area contributed by atoms with E-state index in [9.17, 15) is 4.79 Å². The van der Waals surface area contributed by atoms with Gasteiger partial charge in [-0.05, 0) is 29.3 Å². The molecule has 0 spiro atoms. The summed E-state index contributed by atoms with van der Waals surface area (Å²) in [6, 6.07) is 14.9. The van der Waals surface area contributed by atoms with E-state index in [1.165, 1.54) is 0 Å². The molecular weight excluding hydrogens is 272 g/mol. The number of benzene rings is 2. The van der Waals surface area contributed by atoms with Crippen LogP contribution in [0, 0.1) is 11.3 Å². The van der Waals surface area contributed by atoms with Gasteiger partial charge < -0.3 is 4.90 Å². The zero-order chi connectivity index (χ0) is 14.1. The van der Waals surface area contributed by atoms with Crippen LogP contribution in [0.2, 0.25) is 5.02 Å². The predicted molar refractivity (Wildman–Crippen MR) is 76.2 cm³/mol. The van der Waals surface area contributed by atoms with Gasteiger partial charge in [-0.3, -0.25) is 4.79 Å². The van der Waals surface area contributed by atoms with Gasteiger partial charge in [-0.15, -0.1) is 0 Å². The Morgan fingerprint density at radius 1 is 1.25 bits per heavy atom. The third-order valence-electron chi connectivity index (χ3n) is 3.45. The number of carbonyl (C=O) groups excluding carboxylic acids is 1. The Morgan fingerprint density at radius 2 is 2.05 bits per heavy atom. The Hall–Kier alpha value is -2.31. The van der Waals surface area contributed by atoms with Crippen LogP contribution in [0.25, 0.3) is 0 Å². The Balaban J connectivity index is 1.88. The Bertz CT molecular complexity index is 733. The van der Waals surface area contributed by atoms with Crippen LogP contribution in [0.15, 0.2) is 42.5 Å². The topological polar surface area (TPSA) is 44.1 Å². The van der Waals surface area contributed by atoms with Crippen LogP contribution in [-0.4, -0.2) is 10.8 Å². The lowest BCUT2D eigenvalue weighted by Crippen LogP contribution is -2.23. The third kappa shape index (κ3) is 2.15. The van der Waals surface area contributed by atoms with Crippen molar-refractivity contribution in [1.29, 1.82) is 5.26 Å².